The number of hydrogen-bond donors (Lipinski definition) is 1. The summed E-state index contributed by atoms with van der Waals surface area (Å²) in [5.41, 5.74) is 0. The fraction of sp³-hybridized carbons (Fsp3) is 0.100. The van der Waals surface area contributed by atoms with E-state index in [2.05, 4.69) is 0 Å². The van der Waals surface area contributed by atoms with Gasteiger partial charge in [-0.1, -0.05) is 42.5 Å². The first-order chi connectivity index (χ1) is 5.77. The maximum atomic E-state index is 9.51. The molecule has 0 radical (unpaired) electrons. The zero-order valence-electron chi connectivity index (χ0n) is 6.97. The second-order valence-electron chi connectivity index (χ2n) is 1.99. The van der Waals surface area contributed by atoms with Crippen molar-refractivity contribution in [3.63, 3.8) is 0 Å². The number of carboxylic acid groups (broad SMARTS) is 1. The van der Waals surface area contributed by atoms with Crippen LogP contribution in [-0.4, -0.2) is 11.1 Å². The molecule has 0 aromatic heterocycles. The summed E-state index contributed by atoms with van der Waals surface area (Å²) in [4.78, 5) is 9.51. The SMILES string of the molecule is C/C=C/C(=O)O.c1ccccc1. The predicted octanol–water partition coefficient (Wildman–Crippen LogP) is 2.33. The van der Waals surface area contributed by atoms with Crippen LogP contribution in [0.3, 0.4) is 0 Å². The van der Waals surface area contributed by atoms with Crippen LogP contribution >= 0.6 is 0 Å². The standard InChI is InChI=1S/C6H6.C4H6O2/c1-2-4-6-5-3-1;1-2-3-4(5)6/h1-6H;2-3H,1H3,(H,5,6)/b;3-2+. The van der Waals surface area contributed by atoms with Crippen molar-refractivity contribution in [3.05, 3.63) is 48.6 Å². The second-order valence-corrected chi connectivity index (χ2v) is 1.99. The lowest BCUT2D eigenvalue weighted by Gasteiger charge is -1.69. The lowest BCUT2D eigenvalue weighted by molar-refractivity contribution is -0.131. The van der Waals surface area contributed by atoms with Crippen molar-refractivity contribution in [2.45, 2.75) is 6.92 Å². The monoisotopic (exact) mass is 164 g/mol. The van der Waals surface area contributed by atoms with Gasteiger partial charge in [-0.05, 0) is 6.92 Å². The Kier molecular flexibility index (Phi) is 6.55. The molecule has 0 saturated carbocycles. The van der Waals surface area contributed by atoms with Gasteiger partial charge in [0.1, 0.15) is 0 Å². The minimum absolute atomic E-state index is 0.891. The number of carboxylic acids is 1. The third kappa shape index (κ3) is 8.43. The molecule has 1 aromatic rings. The number of benzene rings is 1. The average Bonchev–Trinajstić information content (AvgIpc) is 2.08. The summed E-state index contributed by atoms with van der Waals surface area (Å²) < 4.78 is 0. The fourth-order valence-corrected chi connectivity index (χ4v) is 0.527. The van der Waals surface area contributed by atoms with Crippen molar-refractivity contribution in [1.82, 2.24) is 0 Å². The predicted molar refractivity (Wildman–Crippen MR) is 48.9 cm³/mol. The lowest BCUT2D eigenvalue weighted by atomic mass is 10.4. The summed E-state index contributed by atoms with van der Waals surface area (Å²) in [7, 11) is 0. The highest BCUT2D eigenvalue weighted by Gasteiger charge is 1.76. The topological polar surface area (TPSA) is 37.3 Å². The Labute approximate surface area is 72.2 Å². The average molecular weight is 164 g/mol. The number of hydrogen-bond acceptors (Lipinski definition) is 1. The number of aliphatic carboxylic acids is 1. The van der Waals surface area contributed by atoms with Gasteiger partial charge in [-0.3, -0.25) is 0 Å². The van der Waals surface area contributed by atoms with Crippen molar-refractivity contribution >= 4 is 5.97 Å². The molecule has 0 bridgehead atoms. The van der Waals surface area contributed by atoms with E-state index in [9.17, 15) is 4.79 Å². The van der Waals surface area contributed by atoms with E-state index in [4.69, 9.17) is 5.11 Å². The third-order valence-electron chi connectivity index (χ3n) is 0.976. The van der Waals surface area contributed by atoms with Crippen molar-refractivity contribution in [1.29, 1.82) is 0 Å². The highest BCUT2D eigenvalue weighted by atomic mass is 16.4. The van der Waals surface area contributed by atoms with E-state index in [1.54, 1.807) is 6.92 Å². The van der Waals surface area contributed by atoms with Gasteiger partial charge in [0.05, 0.1) is 0 Å². The third-order valence-corrected chi connectivity index (χ3v) is 0.976. The summed E-state index contributed by atoms with van der Waals surface area (Å²) in [5, 5.41) is 7.83. The van der Waals surface area contributed by atoms with Gasteiger partial charge in [-0.25, -0.2) is 4.79 Å². The van der Waals surface area contributed by atoms with E-state index in [-0.39, 0.29) is 0 Å². The Morgan fingerprint density at radius 1 is 1.08 bits per heavy atom. The Morgan fingerprint density at radius 3 is 1.50 bits per heavy atom. The molecule has 0 fully saturated rings. The number of allylic oxidation sites excluding steroid dienone is 1. The summed E-state index contributed by atoms with van der Waals surface area (Å²) in [5.74, 6) is -0.891. The molecule has 0 amide bonds. The smallest absolute Gasteiger partial charge is 0.327 e. The zero-order valence-corrected chi connectivity index (χ0v) is 6.97. The Hall–Kier alpha value is -1.57. The molecule has 0 aliphatic heterocycles. The molecule has 0 saturated heterocycles. The molecule has 1 N–H and O–H groups in total. The molecule has 0 spiro atoms. The molecule has 0 aliphatic rings. The summed E-state index contributed by atoms with van der Waals surface area (Å²) in [6.45, 7) is 1.66. The second kappa shape index (κ2) is 7.54. The minimum atomic E-state index is -0.891. The first-order valence-corrected chi connectivity index (χ1v) is 3.63. The summed E-state index contributed by atoms with van der Waals surface area (Å²) >= 11 is 0. The minimum Gasteiger partial charge on any atom is -0.478 e. The van der Waals surface area contributed by atoms with Crippen molar-refractivity contribution in [3.8, 4) is 0 Å². The van der Waals surface area contributed by atoms with Gasteiger partial charge in [-0.15, -0.1) is 0 Å². The molecular weight excluding hydrogens is 152 g/mol. The van der Waals surface area contributed by atoms with Crippen molar-refractivity contribution in [2.24, 2.45) is 0 Å². The quantitative estimate of drug-likeness (QED) is 0.647. The van der Waals surface area contributed by atoms with E-state index in [0.717, 1.165) is 6.08 Å². The number of rotatable bonds is 1. The molecule has 0 heterocycles. The van der Waals surface area contributed by atoms with Crippen molar-refractivity contribution < 1.29 is 9.90 Å². The molecule has 64 valence electrons. The van der Waals surface area contributed by atoms with E-state index < -0.39 is 5.97 Å². The van der Waals surface area contributed by atoms with Crippen LogP contribution in [0.15, 0.2) is 48.6 Å². The van der Waals surface area contributed by atoms with Crippen LogP contribution in [0.1, 0.15) is 6.92 Å². The maximum absolute atomic E-state index is 9.51. The van der Waals surface area contributed by atoms with Gasteiger partial charge >= 0.3 is 5.97 Å². The fourth-order valence-electron chi connectivity index (χ4n) is 0.527. The van der Waals surface area contributed by atoms with Gasteiger partial charge in [0.2, 0.25) is 0 Å². The largest absolute Gasteiger partial charge is 0.478 e. The maximum Gasteiger partial charge on any atom is 0.327 e. The normalized spacial score (nSPS) is 8.75. The number of carbonyl (C=O) groups is 1. The van der Waals surface area contributed by atoms with Crippen LogP contribution in [0, 0.1) is 0 Å². The van der Waals surface area contributed by atoms with E-state index >= 15 is 0 Å². The first-order valence-electron chi connectivity index (χ1n) is 3.63. The molecule has 0 aliphatic carbocycles. The molecule has 0 unspecified atom stereocenters. The highest BCUT2D eigenvalue weighted by molar-refractivity contribution is 5.79. The molecule has 12 heavy (non-hydrogen) atoms. The molecule has 1 aromatic carbocycles. The first kappa shape index (κ1) is 10.4. The molecule has 1 rings (SSSR count). The van der Waals surface area contributed by atoms with E-state index in [1.165, 1.54) is 6.08 Å². The molecule has 0 atom stereocenters. The van der Waals surface area contributed by atoms with Gasteiger partial charge in [0.15, 0.2) is 0 Å². The van der Waals surface area contributed by atoms with Gasteiger partial charge in [0.25, 0.3) is 0 Å². The zero-order chi connectivity index (χ0) is 9.23. The molecule has 2 nitrogen and oxygen atoms in total. The van der Waals surface area contributed by atoms with E-state index in [0.29, 0.717) is 0 Å². The highest BCUT2D eigenvalue weighted by Crippen LogP contribution is 1.79. The van der Waals surface area contributed by atoms with Crippen LogP contribution in [0.2, 0.25) is 0 Å². The van der Waals surface area contributed by atoms with Crippen LogP contribution < -0.4 is 0 Å². The van der Waals surface area contributed by atoms with Crippen LogP contribution in [0.4, 0.5) is 0 Å². The molecular formula is C10H12O2. The summed E-state index contributed by atoms with van der Waals surface area (Å²) in [6, 6.07) is 12.0. The van der Waals surface area contributed by atoms with Crippen LogP contribution in [-0.2, 0) is 4.79 Å². The van der Waals surface area contributed by atoms with Gasteiger partial charge in [-0.2, -0.15) is 0 Å². The molecule has 2 heteroatoms. The van der Waals surface area contributed by atoms with Crippen molar-refractivity contribution in [2.75, 3.05) is 0 Å². The Morgan fingerprint density at radius 2 is 1.42 bits per heavy atom. The lowest BCUT2D eigenvalue weighted by Crippen LogP contribution is -1.83. The summed E-state index contributed by atoms with van der Waals surface area (Å²) in [6.07, 6.45) is 2.56. The van der Waals surface area contributed by atoms with Crippen LogP contribution in [0.25, 0.3) is 0 Å². The van der Waals surface area contributed by atoms with E-state index in [1.807, 2.05) is 36.4 Å². The Balaban J connectivity index is 0.000000202. The Bertz CT molecular complexity index is 200. The van der Waals surface area contributed by atoms with Gasteiger partial charge < -0.3 is 5.11 Å². The van der Waals surface area contributed by atoms with Crippen LogP contribution in [0.5, 0.6) is 0 Å². The van der Waals surface area contributed by atoms with Gasteiger partial charge in [0, 0.05) is 6.08 Å².